The van der Waals surface area contributed by atoms with Crippen molar-refractivity contribution < 1.29 is 0 Å². The van der Waals surface area contributed by atoms with E-state index in [2.05, 4.69) is 26.8 Å². The fraction of sp³-hybridized carbons (Fsp3) is 0.462. The number of halogens is 1. The maximum atomic E-state index is 6.79. The van der Waals surface area contributed by atoms with Crippen molar-refractivity contribution in [3.8, 4) is 0 Å². The number of hydrogen-bond acceptors (Lipinski definition) is 2. The fourth-order valence-electron chi connectivity index (χ4n) is 2.07. The monoisotopic (exact) mass is 249 g/mol. The van der Waals surface area contributed by atoms with Gasteiger partial charge >= 0.3 is 0 Å². The highest BCUT2D eigenvalue weighted by Crippen LogP contribution is 2.19. The normalized spacial score (nSPS) is 16.8. The third-order valence-corrected chi connectivity index (χ3v) is 3.34. The molecule has 1 aromatic rings. The Morgan fingerprint density at radius 2 is 1.76 bits per heavy atom. The van der Waals surface area contributed by atoms with Crippen molar-refractivity contribution in [2.75, 3.05) is 44.2 Å². The van der Waals surface area contributed by atoms with Gasteiger partial charge in [0, 0.05) is 36.9 Å². The summed E-state index contributed by atoms with van der Waals surface area (Å²) in [6.07, 6.45) is 0. The Labute approximate surface area is 107 Å². The van der Waals surface area contributed by atoms with Crippen LogP contribution in [0.2, 0.25) is 5.02 Å². The average molecular weight is 250 g/mol. The zero-order valence-corrected chi connectivity index (χ0v) is 10.5. The molecule has 0 atom stereocenters. The average Bonchev–Trinajstić information content (AvgIpc) is 2.38. The van der Waals surface area contributed by atoms with Crippen molar-refractivity contribution in [2.24, 2.45) is 0 Å². The van der Waals surface area contributed by atoms with E-state index in [-0.39, 0.29) is 0 Å². The van der Waals surface area contributed by atoms with Gasteiger partial charge in [0.1, 0.15) is 0 Å². The summed E-state index contributed by atoms with van der Waals surface area (Å²) in [7, 11) is 0. The van der Waals surface area contributed by atoms with E-state index in [1.165, 1.54) is 5.69 Å². The Balaban J connectivity index is 1.87. The summed E-state index contributed by atoms with van der Waals surface area (Å²) in [5, 5.41) is 0.782. The van der Waals surface area contributed by atoms with Crippen LogP contribution in [0, 0.1) is 6.57 Å². The first-order valence-corrected chi connectivity index (χ1v) is 6.23. The van der Waals surface area contributed by atoms with Crippen LogP contribution in [0.3, 0.4) is 0 Å². The zero-order chi connectivity index (χ0) is 12.1. The molecule has 17 heavy (non-hydrogen) atoms. The standard InChI is InChI=1S/C13H16ClN3/c1-15-6-7-16-8-10-17(11-9-16)13-4-2-12(14)3-5-13/h2-5H,6-11H2. The molecule has 1 saturated heterocycles. The van der Waals surface area contributed by atoms with Crippen LogP contribution in [-0.4, -0.2) is 44.2 Å². The molecule has 0 radical (unpaired) electrons. The first-order chi connectivity index (χ1) is 8.29. The zero-order valence-electron chi connectivity index (χ0n) is 9.77. The van der Waals surface area contributed by atoms with Gasteiger partial charge in [-0.25, -0.2) is 6.57 Å². The van der Waals surface area contributed by atoms with Gasteiger partial charge in [-0.15, -0.1) is 0 Å². The minimum atomic E-state index is 0.612. The lowest BCUT2D eigenvalue weighted by Crippen LogP contribution is -2.47. The van der Waals surface area contributed by atoms with Crippen molar-refractivity contribution in [1.82, 2.24) is 4.90 Å². The second-order valence-electron chi connectivity index (χ2n) is 4.19. The molecule has 90 valence electrons. The lowest BCUT2D eigenvalue weighted by atomic mass is 10.2. The van der Waals surface area contributed by atoms with E-state index < -0.39 is 0 Å². The molecule has 0 aliphatic carbocycles. The number of piperazine rings is 1. The van der Waals surface area contributed by atoms with Gasteiger partial charge in [0.25, 0.3) is 0 Å². The molecule has 0 amide bonds. The van der Waals surface area contributed by atoms with Gasteiger partial charge in [-0.1, -0.05) is 11.6 Å². The molecule has 1 heterocycles. The van der Waals surface area contributed by atoms with Gasteiger partial charge in [0.05, 0.1) is 6.54 Å². The molecule has 0 N–H and O–H groups in total. The van der Waals surface area contributed by atoms with E-state index in [9.17, 15) is 0 Å². The quantitative estimate of drug-likeness (QED) is 0.762. The molecule has 1 aliphatic rings. The lowest BCUT2D eigenvalue weighted by molar-refractivity contribution is 0.269. The van der Waals surface area contributed by atoms with Crippen molar-refractivity contribution in [3.05, 3.63) is 40.7 Å². The Bertz CT molecular complexity index is 388. The second-order valence-corrected chi connectivity index (χ2v) is 4.62. The summed E-state index contributed by atoms with van der Waals surface area (Å²) in [6.45, 7) is 12.4. The summed E-state index contributed by atoms with van der Waals surface area (Å²) >= 11 is 5.88. The van der Waals surface area contributed by atoms with Crippen molar-refractivity contribution in [1.29, 1.82) is 0 Å². The van der Waals surface area contributed by atoms with Crippen LogP contribution in [-0.2, 0) is 0 Å². The molecular weight excluding hydrogens is 234 g/mol. The number of benzene rings is 1. The molecular formula is C13H16ClN3. The van der Waals surface area contributed by atoms with Gasteiger partial charge in [0.15, 0.2) is 0 Å². The van der Waals surface area contributed by atoms with Crippen LogP contribution in [0.5, 0.6) is 0 Å². The maximum absolute atomic E-state index is 6.79. The summed E-state index contributed by atoms with van der Waals surface area (Å²) in [5.41, 5.74) is 1.24. The van der Waals surface area contributed by atoms with E-state index in [1.807, 2.05) is 12.1 Å². The SMILES string of the molecule is [C-]#[N+]CCN1CCN(c2ccc(Cl)cc2)CC1. The highest BCUT2D eigenvalue weighted by atomic mass is 35.5. The number of anilines is 1. The molecule has 3 nitrogen and oxygen atoms in total. The first kappa shape index (κ1) is 12.2. The topological polar surface area (TPSA) is 10.8 Å². The minimum absolute atomic E-state index is 0.612. The van der Waals surface area contributed by atoms with Crippen LogP contribution >= 0.6 is 11.6 Å². The van der Waals surface area contributed by atoms with Crippen LogP contribution < -0.4 is 4.90 Å². The first-order valence-electron chi connectivity index (χ1n) is 5.85. The predicted octanol–water partition coefficient (Wildman–Crippen LogP) is 2.38. The van der Waals surface area contributed by atoms with E-state index in [1.54, 1.807) is 0 Å². The predicted molar refractivity (Wildman–Crippen MR) is 71.6 cm³/mol. The molecule has 1 aliphatic heterocycles. The highest BCUT2D eigenvalue weighted by molar-refractivity contribution is 6.30. The van der Waals surface area contributed by atoms with Crippen LogP contribution in [0.15, 0.2) is 24.3 Å². The van der Waals surface area contributed by atoms with E-state index >= 15 is 0 Å². The minimum Gasteiger partial charge on any atom is -0.369 e. The molecule has 0 unspecified atom stereocenters. The second kappa shape index (κ2) is 5.90. The largest absolute Gasteiger partial charge is 0.369 e. The van der Waals surface area contributed by atoms with Gasteiger partial charge in [-0.3, -0.25) is 4.90 Å². The van der Waals surface area contributed by atoms with Gasteiger partial charge < -0.3 is 9.74 Å². The molecule has 1 aromatic carbocycles. The molecule has 0 saturated carbocycles. The molecule has 0 bridgehead atoms. The Kier molecular flexibility index (Phi) is 4.24. The van der Waals surface area contributed by atoms with Crippen LogP contribution in [0.4, 0.5) is 5.69 Å². The fourth-order valence-corrected chi connectivity index (χ4v) is 2.20. The molecule has 0 aromatic heterocycles. The van der Waals surface area contributed by atoms with Crippen LogP contribution in [0.1, 0.15) is 0 Å². The van der Waals surface area contributed by atoms with Gasteiger partial charge in [-0.2, -0.15) is 0 Å². The molecule has 1 fully saturated rings. The third kappa shape index (κ3) is 3.36. The van der Waals surface area contributed by atoms with E-state index in [0.29, 0.717) is 6.54 Å². The molecule has 0 spiro atoms. The summed E-state index contributed by atoms with van der Waals surface area (Å²) in [6, 6.07) is 8.00. The van der Waals surface area contributed by atoms with E-state index in [4.69, 9.17) is 18.2 Å². The highest BCUT2D eigenvalue weighted by Gasteiger charge is 2.17. The summed E-state index contributed by atoms with van der Waals surface area (Å²) in [5.74, 6) is 0. The summed E-state index contributed by atoms with van der Waals surface area (Å²) in [4.78, 5) is 8.11. The Morgan fingerprint density at radius 1 is 1.12 bits per heavy atom. The Morgan fingerprint density at radius 3 is 2.35 bits per heavy atom. The Hall–Kier alpha value is -1.24. The molecule has 2 rings (SSSR count). The third-order valence-electron chi connectivity index (χ3n) is 3.09. The number of rotatable bonds is 3. The van der Waals surface area contributed by atoms with Gasteiger partial charge in [0.2, 0.25) is 6.54 Å². The van der Waals surface area contributed by atoms with Crippen LogP contribution in [0.25, 0.3) is 4.85 Å². The molecule has 4 heteroatoms. The van der Waals surface area contributed by atoms with E-state index in [0.717, 1.165) is 37.7 Å². The smallest absolute Gasteiger partial charge is 0.227 e. The lowest BCUT2D eigenvalue weighted by Gasteiger charge is -2.35. The van der Waals surface area contributed by atoms with Gasteiger partial charge in [-0.05, 0) is 24.3 Å². The van der Waals surface area contributed by atoms with Crippen molar-refractivity contribution in [2.45, 2.75) is 0 Å². The number of nitrogens with zero attached hydrogens (tertiary/aromatic N) is 3. The summed E-state index contributed by atoms with van der Waals surface area (Å²) < 4.78 is 0. The maximum Gasteiger partial charge on any atom is 0.227 e. The number of hydrogen-bond donors (Lipinski definition) is 0. The van der Waals surface area contributed by atoms with Crippen molar-refractivity contribution >= 4 is 17.3 Å². The van der Waals surface area contributed by atoms with Crippen molar-refractivity contribution in [3.63, 3.8) is 0 Å².